The van der Waals surface area contributed by atoms with Crippen LogP contribution < -0.4 is 9.64 Å². The number of anilines is 1. The van der Waals surface area contributed by atoms with E-state index >= 15 is 0 Å². The van der Waals surface area contributed by atoms with E-state index in [4.69, 9.17) is 9.72 Å². The molecule has 0 radical (unpaired) electrons. The van der Waals surface area contributed by atoms with Gasteiger partial charge in [-0.05, 0) is 67.3 Å². The molecule has 0 atom stereocenters. The Morgan fingerprint density at radius 2 is 1.86 bits per heavy atom. The standard InChI is InChI=1S/C27H28N4O4S2/c1-19-12-15-30(16-13-19)37(33,34)23-9-6-20(7-10-23)26(32)31(18-21-5-3-4-14-28-21)27-29-24-17-22(35-2)8-11-25(24)36-27/h3-11,14,17,19H,12-13,15-16,18H2,1-2H3. The summed E-state index contributed by atoms with van der Waals surface area (Å²) in [7, 11) is -2.00. The van der Waals surface area contributed by atoms with Crippen molar-refractivity contribution in [2.75, 3.05) is 25.1 Å². The molecule has 4 aromatic rings. The van der Waals surface area contributed by atoms with Gasteiger partial charge in [0, 0.05) is 30.9 Å². The maximum atomic E-state index is 13.7. The Bertz CT molecular complexity index is 1500. The summed E-state index contributed by atoms with van der Waals surface area (Å²) >= 11 is 1.40. The number of ether oxygens (including phenoxy) is 1. The van der Waals surface area contributed by atoms with E-state index in [0.717, 1.165) is 23.1 Å². The molecule has 0 bridgehead atoms. The second-order valence-electron chi connectivity index (χ2n) is 9.15. The number of nitrogens with zero attached hydrogens (tertiary/aromatic N) is 4. The predicted octanol–water partition coefficient (Wildman–Crippen LogP) is 4.97. The normalized spacial score (nSPS) is 15.1. The Morgan fingerprint density at radius 3 is 2.54 bits per heavy atom. The second-order valence-corrected chi connectivity index (χ2v) is 12.1. The Hall–Kier alpha value is -3.34. The Morgan fingerprint density at radius 1 is 1.11 bits per heavy atom. The van der Waals surface area contributed by atoms with Crippen molar-refractivity contribution in [2.45, 2.75) is 31.2 Å². The summed E-state index contributed by atoms with van der Waals surface area (Å²) in [6.45, 7) is 3.40. The van der Waals surface area contributed by atoms with Crippen molar-refractivity contribution in [2.24, 2.45) is 5.92 Å². The number of methoxy groups -OCH3 is 1. The number of amides is 1. The van der Waals surface area contributed by atoms with Gasteiger partial charge in [0.05, 0.1) is 34.5 Å². The summed E-state index contributed by atoms with van der Waals surface area (Å²) in [4.78, 5) is 24.6. The fraction of sp³-hybridized carbons (Fsp3) is 0.296. The van der Waals surface area contributed by atoms with Crippen LogP contribution in [0.1, 0.15) is 35.8 Å². The molecule has 1 aliphatic heterocycles. The summed E-state index contributed by atoms with van der Waals surface area (Å²) in [5.74, 6) is 0.930. The monoisotopic (exact) mass is 536 g/mol. The number of aromatic nitrogens is 2. The minimum Gasteiger partial charge on any atom is -0.497 e. The number of rotatable bonds is 7. The van der Waals surface area contributed by atoms with Crippen LogP contribution >= 0.6 is 11.3 Å². The van der Waals surface area contributed by atoms with Gasteiger partial charge in [0.2, 0.25) is 10.0 Å². The van der Waals surface area contributed by atoms with E-state index in [9.17, 15) is 13.2 Å². The van der Waals surface area contributed by atoms with Crippen molar-refractivity contribution in [1.29, 1.82) is 0 Å². The summed E-state index contributed by atoms with van der Waals surface area (Å²) in [5.41, 5.74) is 1.82. The predicted molar refractivity (Wildman–Crippen MR) is 145 cm³/mol. The van der Waals surface area contributed by atoms with Gasteiger partial charge in [-0.1, -0.05) is 24.3 Å². The molecule has 1 saturated heterocycles. The van der Waals surface area contributed by atoms with Crippen LogP contribution in [-0.2, 0) is 16.6 Å². The molecule has 0 spiro atoms. The van der Waals surface area contributed by atoms with Crippen molar-refractivity contribution < 1.29 is 17.9 Å². The van der Waals surface area contributed by atoms with E-state index in [-0.39, 0.29) is 17.3 Å². The molecule has 10 heteroatoms. The van der Waals surface area contributed by atoms with Gasteiger partial charge in [0.15, 0.2) is 5.13 Å². The third-order valence-electron chi connectivity index (χ3n) is 6.59. The van der Waals surface area contributed by atoms with Gasteiger partial charge in [-0.15, -0.1) is 0 Å². The number of fused-ring (bicyclic) bond motifs is 1. The topological polar surface area (TPSA) is 92.7 Å². The van der Waals surface area contributed by atoms with Crippen molar-refractivity contribution >= 4 is 42.6 Å². The average Bonchev–Trinajstić information content (AvgIpc) is 3.35. The highest BCUT2D eigenvalue weighted by molar-refractivity contribution is 7.89. The van der Waals surface area contributed by atoms with Gasteiger partial charge < -0.3 is 4.74 Å². The fourth-order valence-corrected chi connectivity index (χ4v) is 6.73. The molecule has 0 saturated carbocycles. The molecule has 1 aliphatic rings. The molecule has 3 heterocycles. The number of hydrogen-bond donors (Lipinski definition) is 0. The van der Waals surface area contributed by atoms with Crippen molar-refractivity contribution in [3.63, 3.8) is 0 Å². The SMILES string of the molecule is COc1ccc2sc(N(Cc3ccccn3)C(=O)c3ccc(S(=O)(=O)N4CCC(C)CC4)cc3)nc2c1. The number of piperidine rings is 1. The molecule has 0 unspecified atom stereocenters. The summed E-state index contributed by atoms with van der Waals surface area (Å²) in [6.07, 6.45) is 3.39. The molecule has 5 rings (SSSR count). The lowest BCUT2D eigenvalue weighted by Crippen LogP contribution is -2.37. The zero-order valence-corrected chi connectivity index (χ0v) is 22.3. The van der Waals surface area contributed by atoms with E-state index in [1.54, 1.807) is 30.3 Å². The number of sulfonamides is 1. The number of thiazole rings is 1. The van der Waals surface area contributed by atoms with E-state index in [1.165, 1.54) is 27.8 Å². The largest absolute Gasteiger partial charge is 0.497 e. The van der Waals surface area contributed by atoms with E-state index in [1.807, 2.05) is 36.4 Å². The number of carbonyl (C=O) groups is 1. The molecule has 37 heavy (non-hydrogen) atoms. The molecule has 192 valence electrons. The molecule has 1 fully saturated rings. The highest BCUT2D eigenvalue weighted by Gasteiger charge is 2.29. The van der Waals surface area contributed by atoms with Crippen LogP contribution in [0.5, 0.6) is 5.75 Å². The fourth-order valence-electron chi connectivity index (χ4n) is 4.32. The zero-order valence-electron chi connectivity index (χ0n) is 20.7. The van der Waals surface area contributed by atoms with Crippen LogP contribution in [0, 0.1) is 5.92 Å². The molecular formula is C27H28N4O4S2. The van der Waals surface area contributed by atoms with E-state index in [2.05, 4.69) is 11.9 Å². The first kappa shape index (κ1) is 25.3. The van der Waals surface area contributed by atoms with E-state index < -0.39 is 10.0 Å². The summed E-state index contributed by atoms with van der Waals surface area (Å²) in [6, 6.07) is 17.3. The first-order valence-electron chi connectivity index (χ1n) is 12.1. The number of hydrogen-bond acceptors (Lipinski definition) is 7. The maximum absolute atomic E-state index is 13.7. The second kappa shape index (κ2) is 10.6. The van der Waals surface area contributed by atoms with Crippen LogP contribution in [0.4, 0.5) is 5.13 Å². The van der Waals surface area contributed by atoms with Crippen LogP contribution in [-0.4, -0.2) is 48.8 Å². The van der Waals surface area contributed by atoms with Gasteiger partial charge in [-0.3, -0.25) is 14.7 Å². The lowest BCUT2D eigenvalue weighted by molar-refractivity contribution is 0.0984. The maximum Gasteiger partial charge on any atom is 0.260 e. The molecule has 0 N–H and O–H groups in total. The first-order chi connectivity index (χ1) is 17.8. The van der Waals surface area contributed by atoms with Crippen LogP contribution in [0.25, 0.3) is 10.2 Å². The van der Waals surface area contributed by atoms with Crippen LogP contribution in [0.15, 0.2) is 71.8 Å². The van der Waals surface area contributed by atoms with Crippen molar-refractivity contribution in [3.05, 3.63) is 78.1 Å². The highest BCUT2D eigenvalue weighted by Crippen LogP contribution is 2.33. The van der Waals surface area contributed by atoms with Crippen molar-refractivity contribution in [3.8, 4) is 5.75 Å². The Labute approximate surface area is 220 Å². The summed E-state index contributed by atoms with van der Waals surface area (Å²) in [5, 5.41) is 0.526. The highest BCUT2D eigenvalue weighted by atomic mass is 32.2. The number of pyridine rings is 1. The Kier molecular flexibility index (Phi) is 7.23. The van der Waals surface area contributed by atoms with E-state index in [0.29, 0.717) is 41.1 Å². The third kappa shape index (κ3) is 5.36. The zero-order chi connectivity index (χ0) is 26.0. The minimum absolute atomic E-state index is 0.196. The van der Waals surface area contributed by atoms with Crippen molar-refractivity contribution in [1.82, 2.24) is 14.3 Å². The van der Waals surface area contributed by atoms with Gasteiger partial charge in [-0.25, -0.2) is 13.4 Å². The lowest BCUT2D eigenvalue weighted by Gasteiger charge is -2.29. The molecular weight excluding hydrogens is 508 g/mol. The number of carbonyl (C=O) groups excluding carboxylic acids is 1. The smallest absolute Gasteiger partial charge is 0.260 e. The van der Waals surface area contributed by atoms with Gasteiger partial charge in [-0.2, -0.15) is 4.31 Å². The molecule has 2 aromatic heterocycles. The van der Waals surface area contributed by atoms with Gasteiger partial charge >= 0.3 is 0 Å². The molecule has 1 amide bonds. The average molecular weight is 537 g/mol. The lowest BCUT2D eigenvalue weighted by atomic mass is 10.0. The third-order valence-corrected chi connectivity index (χ3v) is 9.56. The molecule has 2 aromatic carbocycles. The molecule has 0 aliphatic carbocycles. The summed E-state index contributed by atoms with van der Waals surface area (Å²) < 4.78 is 34.0. The van der Waals surface area contributed by atoms with Crippen LogP contribution in [0.3, 0.4) is 0 Å². The van der Waals surface area contributed by atoms with Gasteiger partial charge in [0.25, 0.3) is 5.91 Å². The molecule has 8 nitrogen and oxygen atoms in total. The number of benzene rings is 2. The minimum atomic E-state index is -3.60. The van der Waals surface area contributed by atoms with Crippen LogP contribution in [0.2, 0.25) is 0 Å². The quantitative estimate of drug-likeness (QED) is 0.331. The first-order valence-corrected chi connectivity index (χ1v) is 14.4. The van der Waals surface area contributed by atoms with Gasteiger partial charge in [0.1, 0.15) is 5.75 Å². The Balaban J connectivity index is 1.45.